The lowest BCUT2D eigenvalue weighted by Gasteiger charge is -2.33. The average molecular weight is 245 g/mol. The van der Waals surface area contributed by atoms with Gasteiger partial charge in [0.1, 0.15) is 0 Å². The van der Waals surface area contributed by atoms with Gasteiger partial charge >= 0.3 is 0 Å². The van der Waals surface area contributed by atoms with Crippen LogP contribution in [0.5, 0.6) is 0 Å². The van der Waals surface area contributed by atoms with E-state index in [1.807, 2.05) is 0 Å². The Balaban J connectivity index is 2.21. The molecule has 18 heavy (non-hydrogen) atoms. The Morgan fingerprint density at radius 2 is 1.83 bits per heavy atom. The first-order valence-electron chi connectivity index (χ1n) is 7.38. The fraction of sp³-hybridized carbons (Fsp3) is 0.647. The minimum absolute atomic E-state index is 0.561. The van der Waals surface area contributed by atoms with Gasteiger partial charge in [-0.25, -0.2) is 0 Å². The van der Waals surface area contributed by atoms with Crippen molar-refractivity contribution in [2.45, 2.75) is 52.4 Å². The second-order valence-electron chi connectivity index (χ2n) is 6.30. The van der Waals surface area contributed by atoms with E-state index < -0.39 is 0 Å². The summed E-state index contributed by atoms with van der Waals surface area (Å²) in [4.78, 5) is 0. The van der Waals surface area contributed by atoms with Crippen molar-refractivity contribution in [3.8, 4) is 0 Å². The van der Waals surface area contributed by atoms with Gasteiger partial charge in [0.25, 0.3) is 0 Å². The minimum atomic E-state index is 0.561. The van der Waals surface area contributed by atoms with E-state index in [0.29, 0.717) is 5.92 Å². The number of hydrogen-bond acceptors (Lipinski definition) is 1. The number of rotatable bonds is 3. The third kappa shape index (κ3) is 3.14. The summed E-state index contributed by atoms with van der Waals surface area (Å²) in [5, 5.41) is 0. The lowest BCUT2D eigenvalue weighted by molar-refractivity contribution is 0.248. The minimum Gasteiger partial charge on any atom is -0.330 e. The van der Waals surface area contributed by atoms with Crippen LogP contribution in [0.1, 0.15) is 55.2 Å². The molecule has 0 saturated heterocycles. The Bertz CT molecular complexity index is 376. The van der Waals surface area contributed by atoms with E-state index in [-0.39, 0.29) is 0 Å². The second kappa shape index (κ2) is 5.88. The van der Waals surface area contributed by atoms with Gasteiger partial charge in [0.2, 0.25) is 0 Å². The highest BCUT2D eigenvalue weighted by Crippen LogP contribution is 2.38. The molecule has 3 atom stereocenters. The molecular weight excluding hydrogens is 218 g/mol. The van der Waals surface area contributed by atoms with Crippen molar-refractivity contribution in [1.82, 2.24) is 0 Å². The first-order chi connectivity index (χ1) is 8.60. The SMILES string of the molecule is Cc1cc(C)cc(C(CN)C2CCCC(C)C2)c1. The largest absolute Gasteiger partial charge is 0.330 e. The smallest absolute Gasteiger partial charge is 0.000556 e. The molecule has 1 aliphatic rings. The third-order valence-corrected chi connectivity index (χ3v) is 4.47. The van der Waals surface area contributed by atoms with Crippen LogP contribution in [0.4, 0.5) is 0 Å². The quantitative estimate of drug-likeness (QED) is 0.849. The first-order valence-corrected chi connectivity index (χ1v) is 7.38. The first kappa shape index (κ1) is 13.6. The van der Waals surface area contributed by atoms with Gasteiger partial charge in [-0.15, -0.1) is 0 Å². The van der Waals surface area contributed by atoms with Crippen molar-refractivity contribution >= 4 is 0 Å². The molecule has 0 radical (unpaired) electrons. The number of hydrogen-bond donors (Lipinski definition) is 1. The maximum Gasteiger partial charge on any atom is -0.000556 e. The van der Waals surface area contributed by atoms with E-state index in [1.165, 1.54) is 42.4 Å². The highest BCUT2D eigenvalue weighted by atomic mass is 14.6. The average Bonchev–Trinajstić information content (AvgIpc) is 2.28. The standard InChI is InChI=1S/C17H27N/c1-12-5-4-6-15(8-12)17(11-18)16-9-13(2)7-14(3)10-16/h7,9-10,12,15,17H,4-6,8,11,18H2,1-3H3. The molecule has 0 aromatic heterocycles. The van der Waals surface area contributed by atoms with Crippen molar-refractivity contribution in [3.63, 3.8) is 0 Å². The molecule has 1 fully saturated rings. The normalized spacial score (nSPS) is 26.0. The fourth-order valence-electron chi connectivity index (χ4n) is 3.67. The summed E-state index contributed by atoms with van der Waals surface area (Å²) in [6, 6.07) is 6.92. The van der Waals surface area contributed by atoms with E-state index in [4.69, 9.17) is 5.73 Å². The Morgan fingerprint density at radius 3 is 2.39 bits per heavy atom. The molecule has 2 rings (SSSR count). The van der Waals surface area contributed by atoms with Gasteiger partial charge in [-0.3, -0.25) is 0 Å². The molecule has 100 valence electrons. The molecule has 1 aromatic rings. The van der Waals surface area contributed by atoms with Gasteiger partial charge in [-0.1, -0.05) is 49.1 Å². The topological polar surface area (TPSA) is 26.0 Å². The fourth-order valence-corrected chi connectivity index (χ4v) is 3.67. The van der Waals surface area contributed by atoms with E-state index >= 15 is 0 Å². The van der Waals surface area contributed by atoms with Gasteiger partial charge < -0.3 is 5.73 Å². The molecule has 1 nitrogen and oxygen atoms in total. The van der Waals surface area contributed by atoms with E-state index in [1.54, 1.807) is 0 Å². The van der Waals surface area contributed by atoms with Crippen molar-refractivity contribution in [2.24, 2.45) is 17.6 Å². The van der Waals surface area contributed by atoms with Crippen LogP contribution in [-0.2, 0) is 0 Å². The molecular formula is C17H27N. The van der Waals surface area contributed by atoms with Crippen LogP contribution in [0.3, 0.4) is 0 Å². The highest BCUT2D eigenvalue weighted by Gasteiger charge is 2.27. The van der Waals surface area contributed by atoms with Crippen LogP contribution in [-0.4, -0.2) is 6.54 Å². The zero-order valence-electron chi connectivity index (χ0n) is 12.1. The van der Waals surface area contributed by atoms with Gasteiger partial charge in [-0.2, -0.15) is 0 Å². The summed E-state index contributed by atoms with van der Waals surface area (Å²) in [5.41, 5.74) is 10.3. The molecule has 0 heterocycles. The number of benzene rings is 1. The summed E-state index contributed by atoms with van der Waals surface area (Å²) in [7, 11) is 0. The van der Waals surface area contributed by atoms with E-state index in [9.17, 15) is 0 Å². The number of nitrogens with two attached hydrogens (primary N) is 1. The number of aryl methyl sites for hydroxylation is 2. The van der Waals surface area contributed by atoms with Crippen molar-refractivity contribution in [3.05, 3.63) is 34.9 Å². The summed E-state index contributed by atoms with van der Waals surface area (Å²) in [5.74, 6) is 2.23. The maximum absolute atomic E-state index is 6.08. The third-order valence-electron chi connectivity index (χ3n) is 4.47. The van der Waals surface area contributed by atoms with Crippen LogP contribution < -0.4 is 5.73 Å². The zero-order valence-corrected chi connectivity index (χ0v) is 12.1. The predicted octanol–water partition coefficient (Wildman–Crippen LogP) is 4.17. The Morgan fingerprint density at radius 1 is 1.17 bits per heavy atom. The summed E-state index contributed by atoms with van der Waals surface area (Å²) >= 11 is 0. The van der Waals surface area contributed by atoms with Crippen LogP contribution in [0.15, 0.2) is 18.2 Å². The molecule has 0 aliphatic heterocycles. The second-order valence-corrected chi connectivity index (χ2v) is 6.30. The lowest BCUT2D eigenvalue weighted by atomic mass is 9.73. The highest BCUT2D eigenvalue weighted by molar-refractivity contribution is 5.31. The summed E-state index contributed by atoms with van der Waals surface area (Å²) < 4.78 is 0. The lowest BCUT2D eigenvalue weighted by Crippen LogP contribution is -2.26. The van der Waals surface area contributed by atoms with Crippen LogP contribution in [0.25, 0.3) is 0 Å². The summed E-state index contributed by atoms with van der Waals surface area (Å²) in [6.45, 7) is 7.56. The van der Waals surface area contributed by atoms with Crippen LogP contribution >= 0.6 is 0 Å². The molecule has 0 bridgehead atoms. The molecule has 0 amide bonds. The van der Waals surface area contributed by atoms with Crippen molar-refractivity contribution in [1.29, 1.82) is 0 Å². The van der Waals surface area contributed by atoms with Gasteiger partial charge in [-0.05, 0) is 56.6 Å². The summed E-state index contributed by atoms with van der Waals surface area (Å²) in [6.07, 6.45) is 5.50. The molecule has 3 unspecified atom stereocenters. The monoisotopic (exact) mass is 245 g/mol. The molecule has 1 heteroatoms. The Hall–Kier alpha value is -0.820. The molecule has 1 aliphatic carbocycles. The Kier molecular flexibility index (Phi) is 4.45. The molecule has 2 N–H and O–H groups in total. The predicted molar refractivity (Wildman–Crippen MR) is 78.8 cm³/mol. The van der Waals surface area contributed by atoms with E-state index in [2.05, 4.69) is 39.0 Å². The van der Waals surface area contributed by atoms with Crippen LogP contribution in [0, 0.1) is 25.7 Å². The van der Waals surface area contributed by atoms with Gasteiger partial charge in [0.15, 0.2) is 0 Å². The molecule has 1 saturated carbocycles. The van der Waals surface area contributed by atoms with Gasteiger partial charge in [0.05, 0.1) is 0 Å². The van der Waals surface area contributed by atoms with Crippen LogP contribution in [0.2, 0.25) is 0 Å². The van der Waals surface area contributed by atoms with E-state index in [0.717, 1.165) is 18.4 Å². The van der Waals surface area contributed by atoms with Gasteiger partial charge in [0, 0.05) is 0 Å². The molecule has 0 spiro atoms. The van der Waals surface area contributed by atoms with Crippen molar-refractivity contribution in [2.75, 3.05) is 6.54 Å². The molecule has 1 aromatic carbocycles. The zero-order chi connectivity index (χ0) is 13.1. The maximum atomic E-state index is 6.08. The van der Waals surface area contributed by atoms with Crippen molar-refractivity contribution < 1.29 is 0 Å². The Labute approximate surface area is 112 Å².